The summed E-state index contributed by atoms with van der Waals surface area (Å²) in [6.45, 7) is 7.73. The Bertz CT molecular complexity index is 365. The van der Waals surface area contributed by atoms with Crippen LogP contribution in [0.5, 0.6) is 0 Å². The third kappa shape index (κ3) is 5.01. The number of hydrogen-bond donors (Lipinski definition) is 1. The summed E-state index contributed by atoms with van der Waals surface area (Å²) in [6, 6.07) is 0. The second-order valence-electron chi connectivity index (χ2n) is 7.29. The number of nitrogens with one attached hydrogen (secondary N) is 1. The fraction of sp³-hybridized carbons (Fsp3) is 0.882. The van der Waals surface area contributed by atoms with E-state index >= 15 is 0 Å². The van der Waals surface area contributed by atoms with E-state index in [4.69, 9.17) is 4.74 Å². The zero-order chi connectivity index (χ0) is 16.1. The van der Waals surface area contributed by atoms with Gasteiger partial charge in [-0.1, -0.05) is 26.2 Å². The first-order valence-corrected chi connectivity index (χ1v) is 8.19. The molecule has 0 heterocycles. The third-order valence-electron chi connectivity index (χ3n) is 4.28. The third-order valence-corrected chi connectivity index (χ3v) is 4.28. The fourth-order valence-corrected chi connectivity index (χ4v) is 3.35. The van der Waals surface area contributed by atoms with Gasteiger partial charge < -0.3 is 10.1 Å². The number of amides is 1. The molecule has 122 valence electrons. The van der Waals surface area contributed by atoms with Crippen LogP contribution in [0.15, 0.2) is 0 Å². The van der Waals surface area contributed by atoms with Crippen molar-refractivity contribution in [3.05, 3.63) is 0 Å². The van der Waals surface area contributed by atoms with Crippen LogP contribution in [0.25, 0.3) is 0 Å². The molecule has 1 rings (SSSR count). The summed E-state index contributed by atoms with van der Waals surface area (Å²) in [5.74, 6) is -0.242. The van der Waals surface area contributed by atoms with Gasteiger partial charge in [0.15, 0.2) is 0 Å². The molecule has 21 heavy (non-hydrogen) atoms. The van der Waals surface area contributed by atoms with Gasteiger partial charge in [0, 0.05) is 12.5 Å². The Kier molecular flexibility index (Phi) is 6.24. The lowest BCUT2D eigenvalue weighted by Gasteiger charge is -2.32. The van der Waals surface area contributed by atoms with E-state index in [0.717, 1.165) is 38.5 Å². The smallest absolute Gasteiger partial charge is 0.309 e. The maximum Gasteiger partial charge on any atom is 0.309 e. The molecule has 1 saturated carbocycles. The number of ether oxygens (including phenoxy) is 1. The summed E-state index contributed by atoms with van der Waals surface area (Å²) in [4.78, 5) is 24.8. The van der Waals surface area contributed by atoms with E-state index in [-0.39, 0.29) is 23.2 Å². The van der Waals surface area contributed by atoms with Crippen LogP contribution in [0.4, 0.5) is 0 Å². The Morgan fingerprint density at radius 2 is 1.81 bits per heavy atom. The van der Waals surface area contributed by atoms with Gasteiger partial charge in [0.05, 0.1) is 5.92 Å². The second kappa shape index (κ2) is 7.28. The van der Waals surface area contributed by atoms with Crippen LogP contribution in [0.3, 0.4) is 0 Å². The molecule has 0 saturated heterocycles. The lowest BCUT2D eigenvalue weighted by Crippen LogP contribution is -2.41. The Morgan fingerprint density at radius 1 is 1.24 bits per heavy atom. The molecule has 0 aliphatic heterocycles. The van der Waals surface area contributed by atoms with Crippen LogP contribution in [0, 0.1) is 11.3 Å². The van der Waals surface area contributed by atoms with Crippen molar-refractivity contribution in [1.29, 1.82) is 0 Å². The molecule has 0 aromatic carbocycles. The number of esters is 1. The zero-order valence-electron chi connectivity index (χ0n) is 14.3. The minimum absolute atomic E-state index is 0.0876. The molecule has 0 bridgehead atoms. The monoisotopic (exact) mass is 297 g/mol. The largest absolute Gasteiger partial charge is 0.460 e. The van der Waals surface area contributed by atoms with Gasteiger partial charge in [-0.25, -0.2) is 0 Å². The van der Waals surface area contributed by atoms with E-state index in [1.165, 1.54) is 0 Å². The molecular formula is C17H31NO3. The highest BCUT2D eigenvalue weighted by molar-refractivity contribution is 5.83. The Labute approximate surface area is 129 Å². The molecule has 4 heteroatoms. The molecule has 4 nitrogen and oxygen atoms in total. The van der Waals surface area contributed by atoms with Gasteiger partial charge in [-0.15, -0.1) is 0 Å². The van der Waals surface area contributed by atoms with E-state index in [0.29, 0.717) is 6.42 Å². The maximum absolute atomic E-state index is 12.4. The summed E-state index contributed by atoms with van der Waals surface area (Å²) >= 11 is 0. The summed E-state index contributed by atoms with van der Waals surface area (Å²) in [7, 11) is 1.69. The molecule has 1 fully saturated rings. The quantitative estimate of drug-likeness (QED) is 0.764. The molecule has 0 aromatic heterocycles. The maximum atomic E-state index is 12.4. The highest BCUT2D eigenvalue weighted by Gasteiger charge is 2.44. The lowest BCUT2D eigenvalue weighted by molar-refractivity contribution is -0.162. The van der Waals surface area contributed by atoms with Crippen molar-refractivity contribution in [2.24, 2.45) is 11.3 Å². The van der Waals surface area contributed by atoms with Crippen LogP contribution >= 0.6 is 0 Å². The van der Waals surface area contributed by atoms with E-state index in [1.807, 2.05) is 20.8 Å². The van der Waals surface area contributed by atoms with Crippen LogP contribution in [-0.2, 0) is 14.3 Å². The molecule has 1 N–H and O–H groups in total. The Hall–Kier alpha value is -1.06. The molecule has 1 aliphatic rings. The molecule has 1 atom stereocenters. The second-order valence-corrected chi connectivity index (χ2v) is 7.29. The minimum Gasteiger partial charge on any atom is -0.460 e. The van der Waals surface area contributed by atoms with Gasteiger partial charge in [0.25, 0.3) is 0 Å². The van der Waals surface area contributed by atoms with Crippen LogP contribution in [0.1, 0.15) is 72.6 Å². The lowest BCUT2D eigenvalue weighted by atomic mass is 9.75. The van der Waals surface area contributed by atoms with E-state index in [1.54, 1.807) is 7.05 Å². The summed E-state index contributed by atoms with van der Waals surface area (Å²) in [5, 5.41) is 2.79. The molecule has 0 spiro atoms. The Morgan fingerprint density at radius 3 is 2.24 bits per heavy atom. The SMILES string of the molecule is CCCC(CC1(C(=O)NC)CCCC1)C(=O)OC(C)(C)C. The molecule has 1 amide bonds. The first-order chi connectivity index (χ1) is 9.74. The van der Waals surface area contributed by atoms with Crippen molar-refractivity contribution in [3.8, 4) is 0 Å². The summed E-state index contributed by atoms with van der Waals surface area (Å²) in [6.07, 6.45) is 6.24. The normalized spacial score (nSPS) is 19.1. The topological polar surface area (TPSA) is 55.4 Å². The highest BCUT2D eigenvalue weighted by Crippen LogP contribution is 2.44. The number of hydrogen-bond acceptors (Lipinski definition) is 3. The van der Waals surface area contributed by atoms with Crippen molar-refractivity contribution in [2.75, 3.05) is 7.05 Å². The van der Waals surface area contributed by atoms with E-state index in [2.05, 4.69) is 12.2 Å². The first-order valence-electron chi connectivity index (χ1n) is 8.19. The molecule has 1 unspecified atom stereocenters. The molecule has 1 aliphatic carbocycles. The zero-order valence-corrected chi connectivity index (χ0v) is 14.3. The van der Waals surface area contributed by atoms with Crippen LogP contribution < -0.4 is 5.32 Å². The predicted molar refractivity (Wildman–Crippen MR) is 83.8 cm³/mol. The van der Waals surface area contributed by atoms with Gasteiger partial charge in [0.1, 0.15) is 5.60 Å². The van der Waals surface area contributed by atoms with Gasteiger partial charge in [0.2, 0.25) is 5.91 Å². The summed E-state index contributed by atoms with van der Waals surface area (Å²) < 4.78 is 5.55. The predicted octanol–water partition coefficient (Wildman–Crippen LogP) is 3.44. The number of carbonyl (C=O) groups excluding carboxylic acids is 2. The van der Waals surface area contributed by atoms with Crippen molar-refractivity contribution in [1.82, 2.24) is 5.32 Å². The number of rotatable bonds is 6. The van der Waals surface area contributed by atoms with Crippen LogP contribution in [0.2, 0.25) is 0 Å². The minimum atomic E-state index is -0.473. The number of carbonyl (C=O) groups is 2. The standard InChI is InChI=1S/C17H31NO3/c1-6-9-13(14(19)21-16(2,3)4)12-17(15(20)18-5)10-7-8-11-17/h13H,6-12H2,1-5H3,(H,18,20). The summed E-state index contributed by atoms with van der Waals surface area (Å²) in [5.41, 5.74) is -0.843. The highest BCUT2D eigenvalue weighted by atomic mass is 16.6. The van der Waals surface area contributed by atoms with Gasteiger partial charge in [-0.05, 0) is 46.5 Å². The Balaban J connectivity index is 2.85. The van der Waals surface area contributed by atoms with Crippen molar-refractivity contribution < 1.29 is 14.3 Å². The van der Waals surface area contributed by atoms with E-state index in [9.17, 15) is 9.59 Å². The first kappa shape index (κ1) is 18.0. The van der Waals surface area contributed by atoms with Crippen LogP contribution in [-0.4, -0.2) is 24.5 Å². The van der Waals surface area contributed by atoms with E-state index < -0.39 is 5.60 Å². The van der Waals surface area contributed by atoms with Gasteiger partial charge in [-0.3, -0.25) is 9.59 Å². The van der Waals surface area contributed by atoms with Gasteiger partial charge >= 0.3 is 5.97 Å². The van der Waals surface area contributed by atoms with Crippen molar-refractivity contribution >= 4 is 11.9 Å². The van der Waals surface area contributed by atoms with Gasteiger partial charge in [-0.2, -0.15) is 0 Å². The fourth-order valence-electron chi connectivity index (χ4n) is 3.35. The molecule has 0 aromatic rings. The average Bonchev–Trinajstić information content (AvgIpc) is 2.85. The average molecular weight is 297 g/mol. The van der Waals surface area contributed by atoms with Crippen molar-refractivity contribution in [2.45, 2.75) is 78.2 Å². The van der Waals surface area contributed by atoms with Crippen molar-refractivity contribution in [3.63, 3.8) is 0 Å². The molecular weight excluding hydrogens is 266 g/mol. The molecule has 0 radical (unpaired) electrons.